The van der Waals surface area contributed by atoms with Crippen LogP contribution in [0.5, 0.6) is 0 Å². The smallest absolute Gasteiger partial charge is 0.220 e. The zero-order chi connectivity index (χ0) is 15.2. The van der Waals surface area contributed by atoms with Crippen LogP contribution >= 0.6 is 0 Å². The van der Waals surface area contributed by atoms with E-state index in [4.69, 9.17) is 0 Å². The molecule has 4 heteroatoms. The van der Waals surface area contributed by atoms with E-state index in [2.05, 4.69) is 27.4 Å². The largest absolute Gasteiger partial charge is 0.349 e. The minimum Gasteiger partial charge on any atom is -0.349 e. The zero-order valence-corrected chi connectivity index (χ0v) is 12.7. The topological polar surface area (TPSA) is 54.9 Å². The number of hydrogen-bond acceptors (Lipinski definition) is 3. The van der Waals surface area contributed by atoms with Crippen molar-refractivity contribution in [3.63, 3.8) is 0 Å². The maximum Gasteiger partial charge on any atom is 0.220 e. The zero-order valence-electron chi connectivity index (χ0n) is 12.7. The Morgan fingerprint density at radius 1 is 1.27 bits per heavy atom. The summed E-state index contributed by atoms with van der Waals surface area (Å²) in [4.78, 5) is 20.6. The first kappa shape index (κ1) is 14.7. The molecule has 22 heavy (non-hydrogen) atoms. The molecule has 4 nitrogen and oxygen atoms in total. The molecule has 0 aliphatic heterocycles. The minimum absolute atomic E-state index is 0.0779. The van der Waals surface area contributed by atoms with Crippen molar-refractivity contribution >= 4 is 5.91 Å². The Bertz CT molecular complexity index is 627. The molecular weight excluding hydrogens is 274 g/mol. The summed E-state index contributed by atoms with van der Waals surface area (Å²) < 4.78 is 0. The summed E-state index contributed by atoms with van der Waals surface area (Å²) >= 11 is 0. The van der Waals surface area contributed by atoms with E-state index in [1.165, 1.54) is 5.56 Å². The van der Waals surface area contributed by atoms with Gasteiger partial charge in [0.05, 0.1) is 6.04 Å². The number of fused-ring (bicyclic) bond motifs is 1. The van der Waals surface area contributed by atoms with Crippen LogP contribution in [0.3, 0.4) is 0 Å². The van der Waals surface area contributed by atoms with Gasteiger partial charge in [0.25, 0.3) is 0 Å². The summed E-state index contributed by atoms with van der Waals surface area (Å²) in [5.41, 5.74) is 3.45. The molecule has 0 fully saturated rings. The van der Waals surface area contributed by atoms with Crippen LogP contribution in [0.15, 0.2) is 42.9 Å². The molecule has 1 unspecified atom stereocenters. The van der Waals surface area contributed by atoms with Gasteiger partial charge in [0, 0.05) is 23.9 Å². The molecule has 3 rings (SSSR count). The third kappa shape index (κ3) is 3.70. The van der Waals surface area contributed by atoms with Crippen molar-refractivity contribution in [2.24, 2.45) is 0 Å². The lowest BCUT2D eigenvalue weighted by Crippen LogP contribution is -2.31. The van der Waals surface area contributed by atoms with Crippen LogP contribution in [-0.4, -0.2) is 15.9 Å². The number of nitrogens with one attached hydrogen (secondary N) is 1. The molecule has 0 radical (unpaired) electrons. The molecule has 2 aromatic rings. The average molecular weight is 295 g/mol. The highest BCUT2D eigenvalue weighted by molar-refractivity contribution is 5.76. The highest BCUT2D eigenvalue weighted by Crippen LogP contribution is 2.27. The van der Waals surface area contributed by atoms with E-state index in [1.54, 1.807) is 6.33 Å². The maximum atomic E-state index is 12.2. The number of aryl methyl sites for hydroxylation is 2. The van der Waals surface area contributed by atoms with E-state index in [-0.39, 0.29) is 11.9 Å². The fourth-order valence-corrected chi connectivity index (χ4v) is 3.01. The number of rotatable bonds is 5. The van der Waals surface area contributed by atoms with E-state index in [9.17, 15) is 4.79 Å². The van der Waals surface area contributed by atoms with Gasteiger partial charge in [-0.05, 0) is 37.7 Å². The molecule has 0 saturated carbocycles. The first-order valence-corrected chi connectivity index (χ1v) is 7.95. The molecule has 0 saturated heterocycles. The first-order chi connectivity index (χ1) is 10.8. The van der Waals surface area contributed by atoms with Gasteiger partial charge in [-0.25, -0.2) is 9.97 Å². The highest BCUT2D eigenvalue weighted by atomic mass is 16.1. The summed E-state index contributed by atoms with van der Waals surface area (Å²) in [5.74, 6) is 0.123. The number of amides is 1. The van der Waals surface area contributed by atoms with Gasteiger partial charge in [-0.2, -0.15) is 0 Å². The number of benzene rings is 1. The first-order valence-electron chi connectivity index (χ1n) is 7.95. The van der Waals surface area contributed by atoms with Gasteiger partial charge in [0.15, 0.2) is 0 Å². The molecule has 1 aliphatic carbocycles. The van der Waals surface area contributed by atoms with Crippen LogP contribution < -0.4 is 5.32 Å². The third-order valence-electron chi connectivity index (χ3n) is 4.16. The number of carbonyl (C=O) groups is 1. The van der Waals surface area contributed by atoms with Gasteiger partial charge in [-0.1, -0.05) is 30.3 Å². The molecule has 1 heterocycles. The van der Waals surface area contributed by atoms with E-state index in [1.807, 2.05) is 24.4 Å². The minimum atomic E-state index is 0.0779. The lowest BCUT2D eigenvalue weighted by Gasteiger charge is -2.25. The van der Waals surface area contributed by atoms with Gasteiger partial charge in [-0.3, -0.25) is 4.79 Å². The van der Waals surface area contributed by atoms with Crippen LogP contribution in [0.4, 0.5) is 0 Å². The molecule has 1 aromatic carbocycles. The van der Waals surface area contributed by atoms with Gasteiger partial charge >= 0.3 is 0 Å². The summed E-state index contributed by atoms with van der Waals surface area (Å²) in [6.07, 6.45) is 8.84. The van der Waals surface area contributed by atoms with Crippen molar-refractivity contribution in [1.29, 1.82) is 0 Å². The Morgan fingerprint density at radius 2 is 2.14 bits per heavy atom. The lowest BCUT2D eigenvalue weighted by atomic mass is 9.92. The van der Waals surface area contributed by atoms with Crippen molar-refractivity contribution in [3.05, 3.63) is 59.7 Å². The van der Waals surface area contributed by atoms with Crippen LogP contribution in [-0.2, 0) is 17.6 Å². The van der Waals surface area contributed by atoms with Crippen molar-refractivity contribution in [1.82, 2.24) is 15.3 Å². The van der Waals surface area contributed by atoms with Crippen LogP contribution in [0, 0.1) is 0 Å². The van der Waals surface area contributed by atoms with Crippen LogP contribution in [0.1, 0.15) is 48.5 Å². The molecule has 0 bridgehead atoms. The van der Waals surface area contributed by atoms with E-state index < -0.39 is 0 Å². The fraction of sp³-hybridized carbons (Fsp3) is 0.389. The second-order valence-corrected chi connectivity index (χ2v) is 5.78. The Morgan fingerprint density at radius 3 is 3.00 bits per heavy atom. The summed E-state index contributed by atoms with van der Waals surface area (Å²) in [5, 5.41) is 3.14. The fourth-order valence-electron chi connectivity index (χ4n) is 3.01. The second kappa shape index (κ2) is 7.16. The predicted octanol–water partition coefficient (Wildman–Crippen LogP) is 2.99. The Kier molecular flexibility index (Phi) is 4.78. The van der Waals surface area contributed by atoms with Crippen molar-refractivity contribution in [2.45, 2.75) is 44.6 Å². The van der Waals surface area contributed by atoms with Crippen molar-refractivity contribution in [2.75, 3.05) is 0 Å². The molecular formula is C18H21N3O. The van der Waals surface area contributed by atoms with E-state index >= 15 is 0 Å². The molecule has 1 aromatic heterocycles. The molecule has 114 valence electrons. The predicted molar refractivity (Wildman–Crippen MR) is 85.2 cm³/mol. The van der Waals surface area contributed by atoms with Crippen molar-refractivity contribution in [3.8, 4) is 0 Å². The molecule has 1 amide bonds. The Balaban J connectivity index is 1.50. The quantitative estimate of drug-likeness (QED) is 0.922. The van der Waals surface area contributed by atoms with Gasteiger partial charge in [0.2, 0.25) is 5.91 Å². The molecule has 1 N–H and O–H groups in total. The average Bonchev–Trinajstić information content (AvgIpc) is 2.56. The van der Waals surface area contributed by atoms with Crippen LogP contribution in [0.2, 0.25) is 0 Å². The maximum absolute atomic E-state index is 12.2. The van der Waals surface area contributed by atoms with Gasteiger partial charge in [-0.15, -0.1) is 0 Å². The van der Waals surface area contributed by atoms with E-state index in [0.717, 1.165) is 43.4 Å². The second-order valence-electron chi connectivity index (χ2n) is 5.78. The number of hydrogen-bond donors (Lipinski definition) is 1. The highest BCUT2D eigenvalue weighted by Gasteiger charge is 2.22. The number of nitrogens with zero attached hydrogens (tertiary/aromatic N) is 2. The SMILES string of the molecule is O=C(CCCc1ccccc1)NC1CCCc2ncncc21. The summed E-state index contributed by atoms with van der Waals surface area (Å²) in [6.45, 7) is 0. The monoisotopic (exact) mass is 295 g/mol. The van der Waals surface area contributed by atoms with Gasteiger partial charge < -0.3 is 5.32 Å². The van der Waals surface area contributed by atoms with Gasteiger partial charge in [0.1, 0.15) is 6.33 Å². The van der Waals surface area contributed by atoms with E-state index in [0.29, 0.717) is 6.42 Å². The number of aromatic nitrogens is 2. The summed E-state index contributed by atoms with van der Waals surface area (Å²) in [7, 11) is 0. The normalized spacial score (nSPS) is 16.8. The Labute approximate surface area is 131 Å². The van der Waals surface area contributed by atoms with Crippen LogP contribution in [0.25, 0.3) is 0 Å². The molecule has 0 spiro atoms. The standard InChI is InChI=1S/C18H21N3O/c22-18(11-4-8-14-6-2-1-3-7-14)21-17-10-5-9-16-15(17)12-19-13-20-16/h1-3,6-7,12-13,17H,4-5,8-11H2,(H,21,22). The molecule has 1 aliphatic rings. The third-order valence-corrected chi connectivity index (χ3v) is 4.16. The Hall–Kier alpha value is -2.23. The van der Waals surface area contributed by atoms with Crippen molar-refractivity contribution < 1.29 is 4.79 Å². The molecule has 1 atom stereocenters. The number of carbonyl (C=O) groups excluding carboxylic acids is 1. The summed E-state index contributed by atoms with van der Waals surface area (Å²) in [6, 6.07) is 10.4. The lowest BCUT2D eigenvalue weighted by molar-refractivity contribution is -0.122.